The molecule has 4 fully saturated rings. The van der Waals surface area contributed by atoms with Gasteiger partial charge in [0.2, 0.25) is 27.7 Å². The van der Waals surface area contributed by atoms with E-state index in [-0.39, 0.29) is 55.9 Å². The third-order valence-electron chi connectivity index (χ3n) is 16.1. The minimum Gasteiger partial charge on any atom is -0.492 e. The Hall–Kier alpha value is -5.30. The number of pyridine rings is 1. The number of para-hydroxylation sites is 1. The first kappa shape index (κ1) is 49.7. The van der Waals surface area contributed by atoms with Gasteiger partial charge >= 0.3 is 5.97 Å². The van der Waals surface area contributed by atoms with Crippen molar-refractivity contribution in [3.8, 4) is 11.6 Å². The van der Waals surface area contributed by atoms with E-state index < -0.39 is 61.5 Å². The zero-order chi connectivity index (χ0) is 49.4. The molecule has 1 aromatic heterocycles. The average molecular weight is 974 g/mol. The van der Waals surface area contributed by atoms with Crippen LogP contribution in [0.2, 0.25) is 0 Å². The Balaban J connectivity index is 0.978. The van der Waals surface area contributed by atoms with E-state index in [1.54, 1.807) is 13.0 Å². The van der Waals surface area contributed by atoms with Gasteiger partial charge in [-0.2, -0.15) is 0 Å². The number of ether oxygens (including phenoxy) is 3. The first-order valence-electron chi connectivity index (χ1n) is 25.9. The van der Waals surface area contributed by atoms with Crippen LogP contribution < -0.4 is 14.2 Å². The Bertz CT molecular complexity index is 2760. The van der Waals surface area contributed by atoms with Crippen LogP contribution in [0.4, 0.5) is 0 Å². The Kier molecular flexibility index (Phi) is 14.2. The number of sulfonamides is 1. The summed E-state index contributed by atoms with van der Waals surface area (Å²) in [5, 5.41) is 3.49. The smallest absolute Gasteiger partial charge is 0.306 e. The molecular weight excluding hydrogens is 903 g/mol. The Morgan fingerprint density at radius 2 is 1.67 bits per heavy atom. The number of nitrogens with one attached hydrogen (secondary N) is 1. The highest BCUT2D eigenvalue weighted by Gasteiger charge is 2.62. The molecule has 5 aliphatic rings. The second kappa shape index (κ2) is 20.1. The highest BCUT2D eigenvalue weighted by Crippen LogP contribution is 2.57. The molecule has 2 amide bonds. The molecule has 7 atom stereocenters. The lowest BCUT2D eigenvalue weighted by atomic mass is 9.77. The predicted octanol–water partition coefficient (Wildman–Crippen LogP) is 10.2. The summed E-state index contributed by atoms with van der Waals surface area (Å²) in [6.45, 7) is 11.8. The van der Waals surface area contributed by atoms with Crippen molar-refractivity contribution in [1.82, 2.24) is 14.6 Å². The molecule has 12 nitrogen and oxygen atoms in total. The minimum absolute atomic E-state index is 0.0430. The SMILES string of the molecule is C=C[C@@H]1C[C@]1(CC(=O)[C@@H]1C[C@@H]2CN1C(=O)[C@H](C(C)(C)C)CC(=O)O[C@@H]1C[C@H]1CCCCCc1c(nc3ccccc3c1OCCCCCCc1cccc3ccccc13)O2)C(=O)NS(=O)(=O)C1(C)CC1. The Labute approximate surface area is 413 Å². The number of allylic oxidation sites excluding steroid dienone is 1. The maximum atomic E-state index is 15.0. The first-order chi connectivity index (χ1) is 33.5. The lowest BCUT2D eigenvalue weighted by molar-refractivity contribution is -0.154. The number of ketones is 1. The Morgan fingerprint density at radius 3 is 2.43 bits per heavy atom. The number of carbonyl (C=O) groups excluding carboxylic acids is 4. The van der Waals surface area contributed by atoms with E-state index in [2.05, 4.69) is 53.8 Å². The molecule has 4 aromatic rings. The van der Waals surface area contributed by atoms with Crippen LogP contribution in [0.15, 0.2) is 79.4 Å². The van der Waals surface area contributed by atoms with Crippen molar-refractivity contribution in [3.05, 3.63) is 90.5 Å². The molecule has 70 heavy (non-hydrogen) atoms. The largest absolute Gasteiger partial charge is 0.492 e. The quantitative estimate of drug-likeness (QED) is 0.0691. The maximum Gasteiger partial charge on any atom is 0.306 e. The molecule has 3 aromatic carbocycles. The van der Waals surface area contributed by atoms with Gasteiger partial charge in [-0.3, -0.25) is 23.9 Å². The summed E-state index contributed by atoms with van der Waals surface area (Å²) in [6, 6.07) is 22.0. The normalized spacial score (nSPS) is 26.7. The molecular formula is C57H71N3O9S. The molecule has 3 heterocycles. The van der Waals surface area contributed by atoms with Gasteiger partial charge in [-0.15, -0.1) is 6.58 Å². The van der Waals surface area contributed by atoms with E-state index in [1.165, 1.54) is 21.2 Å². The van der Waals surface area contributed by atoms with Gasteiger partial charge < -0.3 is 19.1 Å². The van der Waals surface area contributed by atoms with Gasteiger partial charge in [-0.25, -0.2) is 13.4 Å². The van der Waals surface area contributed by atoms with Crippen LogP contribution in [0.3, 0.4) is 0 Å². The van der Waals surface area contributed by atoms with Crippen molar-refractivity contribution < 1.29 is 41.8 Å². The number of esters is 1. The van der Waals surface area contributed by atoms with Crippen LogP contribution in [0.25, 0.3) is 21.7 Å². The van der Waals surface area contributed by atoms with E-state index in [4.69, 9.17) is 19.2 Å². The molecule has 1 N–H and O–H groups in total. The van der Waals surface area contributed by atoms with E-state index in [0.717, 1.165) is 80.9 Å². The van der Waals surface area contributed by atoms with Gasteiger partial charge in [0.05, 0.1) is 52.8 Å². The molecule has 374 valence electrons. The average Bonchev–Trinajstić information content (AvgIpc) is 4.29. The summed E-state index contributed by atoms with van der Waals surface area (Å²) in [5.41, 5.74) is 0.958. The van der Waals surface area contributed by atoms with Gasteiger partial charge in [0, 0.05) is 18.2 Å². The third kappa shape index (κ3) is 10.7. The van der Waals surface area contributed by atoms with E-state index in [0.29, 0.717) is 37.3 Å². The highest BCUT2D eigenvalue weighted by molar-refractivity contribution is 7.91. The molecule has 0 spiro atoms. The molecule has 0 radical (unpaired) electrons. The van der Waals surface area contributed by atoms with Crippen molar-refractivity contribution in [3.63, 3.8) is 0 Å². The number of nitrogens with zero attached hydrogens (tertiary/aromatic N) is 2. The monoisotopic (exact) mass is 973 g/mol. The fraction of sp³-hybridized carbons (Fsp3) is 0.561. The van der Waals surface area contributed by atoms with Crippen LogP contribution in [-0.2, 0) is 46.8 Å². The van der Waals surface area contributed by atoms with E-state index >= 15 is 4.79 Å². The fourth-order valence-electron chi connectivity index (χ4n) is 11.0. The number of hydrogen-bond donors (Lipinski definition) is 1. The van der Waals surface area contributed by atoms with Crippen molar-refractivity contribution in [2.24, 2.45) is 28.6 Å². The molecule has 3 saturated carbocycles. The first-order valence-corrected chi connectivity index (χ1v) is 27.4. The zero-order valence-electron chi connectivity index (χ0n) is 41.5. The molecule has 9 rings (SSSR count). The highest BCUT2D eigenvalue weighted by atomic mass is 32.2. The van der Waals surface area contributed by atoms with Crippen LogP contribution in [-0.4, -0.2) is 78.0 Å². The van der Waals surface area contributed by atoms with E-state index in [1.807, 2.05) is 45.0 Å². The molecule has 2 aliphatic heterocycles. The predicted molar refractivity (Wildman–Crippen MR) is 271 cm³/mol. The summed E-state index contributed by atoms with van der Waals surface area (Å²) in [6.07, 6.45) is 11.9. The number of benzene rings is 3. The number of Topliss-reactive ketones (excluding diaryl/α,β-unsaturated/α-hetero) is 1. The van der Waals surface area contributed by atoms with E-state index in [9.17, 15) is 22.8 Å². The third-order valence-corrected chi connectivity index (χ3v) is 18.3. The van der Waals surface area contributed by atoms with Crippen molar-refractivity contribution in [2.75, 3.05) is 13.2 Å². The van der Waals surface area contributed by atoms with Crippen LogP contribution in [0, 0.1) is 28.6 Å². The maximum absolute atomic E-state index is 15.0. The summed E-state index contributed by atoms with van der Waals surface area (Å²) in [4.78, 5) is 64.1. The van der Waals surface area contributed by atoms with Gasteiger partial charge in [0.1, 0.15) is 18.0 Å². The summed E-state index contributed by atoms with van der Waals surface area (Å²) in [5.74, 6) is -1.67. The molecule has 2 bridgehead atoms. The summed E-state index contributed by atoms with van der Waals surface area (Å²) < 4.78 is 47.6. The fourth-order valence-corrected chi connectivity index (χ4v) is 12.4. The topological polar surface area (TPSA) is 158 Å². The van der Waals surface area contributed by atoms with Crippen molar-refractivity contribution >= 4 is 55.3 Å². The van der Waals surface area contributed by atoms with Crippen LogP contribution in [0.1, 0.15) is 135 Å². The second-order valence-electron chi connectivity index (χ2n) is 22.4. The zero-order valence-corrected chi connectivity index (χ0v) is 42.3. The number of unbranched alkanes of at least 4 members (excludes halogenated alkanes) is 3. The number of aromatic nitrogens is 1. The molecule has 1 saturated heterocycles. The van der Waals surface area contributed by atoms with Gasteiger partial charge in [0.15, 0.2) is 5.78 Å². The molecule has 13 heteroatoms. The number of rotatable bonds is 15. The number of carbonyl (C=O) groups is 4. The van der Waals surface area contributed by atoms with Gasteiger partial charge in [-0.1, -0.05) is 107 Å². The number of aryl methyl sites for hydroxylation is 1. The van der Waals surface area contributed by atoms with Gasteiger partial charge in [-0.05, 0) is 117 Å². The molecule has 0 unspecified atom stereocenters. The standard InChI is InChI=1S/C57H71N3O9S/c1-6-40-34-57(40,54(64)59-70(65,66)56(5)28-29-56)35-48(61)47-32-41-36-60(47)53(63)45(55(2,3)4)33-50(62)69-49-31-39(49)21-11-9-12-26-44-51(43-25-15-16-27-46(43)58-52(44)68-41)67-30-17-8-7-10-19-37-22-18-23-38-20-13-14-24-42(37)38/h6,13-16,18,20,22-25,27,39-41,45,47,49H,1,7-12,17,19,21,26,28-36H2,2-5H3,(H,59,64)/t39-,40-,41-,45-,47+,49-,57-/m1/s1. The second-order valence-corrected chi connectivity index (χ2v) is 24.5. The van der Waals surface area contributed by atoms with Crippen LogP contribution >= 0.6 is 0 Å². The van der Waals surface area contributed by atoms with Gasteiger partial charge in [0.25, 0.3) is 0 Å². The summed E-state index contributed by atoms with van der Waals surface area (Å²) in [7, 11) is -3.97. The number of hydrogen-bond acceptors (Lipinski definition) is 10. The lowest BCUT2D eigenvalue weighted by Gasteiger charge is -2.34. The Morgan fingerprint density at radius 1 is 0.929 bits per heavy atom. The number of fused-ring (bicyclic) bond motifs is 6. The number of amides is 2. The lowest BCUT2D eigenvalue weighted by Crippen LogP contribution is -2.49. The minimum atomic E-state index is -3.97. The summed E-state index contributed by atoms with van der Waals surface area (Å²) >= 11 is 0. The van der Waals surface area contributed by atoms with Crippen molar-refractivity contribution in [1.29, 1.82) is 0 Å². The van der Waals surface area contributed by atoms with Crippen molar-refractivity contribution in [2.45, 2.75) is 160 Å². The van der Waals surface area contributed by atoms with Crippen LogP contribution in [0.5, 0.6) is 11.6 Å². The molecule has 3 aliphatic carbocycles.